The normalized spacial score (nSPS) is 13.4. The van der Waals surface area contributed by atoms with Crippen molar-refractivity contribution < 1.29 is 4.74 Å². The summed E-state index contributed by atoms with van der Waals surface area (Å²) in [7, 11) is 1.64. The van der Waals surface area contributed by atoms with Crippen LogP contribution in [0.4, 0.5) is 0 Å². The van der Waals surface area contributed by atoms with Gasteiger partial charge in [-0.2, -0.15) is 5.10 Å². The van der Waals surface area contributed by atoms with Crippen molar-refractivity contribution in [2.75, 3.05) is 7.11 Å². The molecule has 0 amide bonds. The minimum Gasteiger partial charge on any atom is -0.497 e. The molecule has 144 valence electrons. The van der Waals surface area contributed by atoms with E-state index in [9.17, 15) is 0 Å². The second-order valence-corrected chi connectivity index (χ2v) is 7.25. The first-order valence-electron chi connectivity index (χ1n) is 8.28. The molecule has 0 atom stereocenters. The quantitative estimate of drug-likeness (QED) is 0.534. The summed E-state index contributed by atoms with van der Waals surface area (Å²) in [5.41, 5.74) is 8.26. The Morgan fingerprint density at radius 1 is 1.14 bits per heavy atom. The number of aromatic nitrogens is 2. The van der Waals surface area contributed by atoms with E-state index in [1.54, 1.807) is 36.2 Å². The lowest BCUT2D eigenvalue weighted by Crippen LogP contribution is -2.40. The molecular formula is C18H16Cl2N6OS. The summed E-state index contributed by atoms with van der Waals surface area (Å²) in [5, 5.41) is 12.3. The molecule has 3 aromatic rings. The van der Waals surface area contributed by atoms with Gasteiger partial charge in [-0.05, 0) is 35.9 Å². The molecular weight excluding hydrogens is 419 g/mol. The zero-order valence-corrected chi connectivity index (χ0v) is 17.1. The summed E-state index contributed by atoms with van der Waals surface area (Å²) in [6, 6.07) is 13.0. The molecule has 10 heteroatoms. The molecule has 2 N–H and O–H groups in total. The lowest BCUT2D eigenvalue weighted by Gasteiger charge is -2.19. The average molecular weight is 435 g/mol. The molecule has 0 radical (unpaired) electrons. The van der Waals surface area contributed by atoms with E-state index in [0.717, 1.165) is 16.9 Å². The predicted octanol–water partition coefficient (Wildman–Crippen LogP) is 3.66. The third-order valence-electron chi connectivity index (χ3n) is 4.22. The summed E-state index contributed by atoms with van der Waals surface area (Å²) < 4.78 is 6.83. The molecule has 0 aliphatic carbocycles. The molecule has 2 aromatic carbocycles. The highest BCUT2D eigenvalue weighted by atomic mass is 35.5. The minimum absolute atomic E-state index is 0.522. The van der Waals surface area contributed by atoms with Gasteiger partial charge in [-0.1, -0.05) is 35.3 Å². The number of halogens is 2. The number of nitrogens with one attached hydrogen (secondary N) is 2. The molecule has 1 aliphatic heterocycles. The first-order chi connectivity index (χ1) is 13.6. The predicted molar refractivity (Wildman–Crippen MR) is 112 cm³/mol. The summed E-state index contributed by atoms with van der Waals surface area (Å²) in [6.07, 6.45) is 1.69. The van der Waals surface area contributed by atoms with Crippen LogP contribution in [0, 0.1) is 0 Å². The summed E-state index contributed by atoms with van der Waals surface area (Å²) in [6.45, 7) is 0.576. The van der Waals surface area contributed by atoms with Crippen molar-refractivity contribution in [3.63, 3.8) is 0 Å². The number of amidine groups is 1. The van der Waals surface area contributed by atoms with Gasteiger partial charge in [0.1, 0.15) is 10.8 Å². The Morgan fingerprint density at radius 3 is 2.68 bits per heavy atom. The average Bonchev–Trinajstić information content (AvgIpc) is 3.30. The maximum atomic E-state index is 6.30. The van der Waals surface area contributed by atoms with Gasteiger partial charge in [-0.15, -0.1) is 23.3 Å². The molecule has 4 rings (SSSR count). The van der Waals surface area contributed by atoms with Crippen molar-refractivity contribution in [1.82, 2.24) is 25.9 Å². The van der Waals surface area contributed by atoms with Gasteiger partial charge in [0.2, 0.25) is 0 Å². The fourth-order valence-electron chi connectivity index (χ4n) is 2.81. The zero-order valence-electron chi connectivity index (χ0n) is 14.7. The Bertz CT molecular complexity index is 1040. The number of hydrogen-bond donors (Lipinski definition) is 3. The fraction of sp³-hybridized carbons (Fsp3) is 0.111. The van der Waals surface area contributed by atoms with E-state index < -0.39 is 0 Å². The fourth-order valence-corrected chi connectivity index (χ4v) is 3.49. The van der Waals surface area contributed by atoms with Crippen LogP contribution in [0.3, 0.4) is 0 Å². The van der Waals surface area contributed by atoms with E-state index in [0.29, 0.717) is 33.1 Å². The van der Waals surface area contributed by atoms with Crippen LogP contribution in [-0.4, -0.2) is 27.7 Å². The molecule has 28 heavy (non-hydrogen) atoms. The Balaban J connectivity index is 1.61. The molecule has 0 unspecified atom stereocenters. The van der Waals surface area contributed by atoms with Crippen LogP contribution in [0.1, 0.15) is 11.1 Å². The van der Waals surface area contributed by atoms with Crippen LogP contribution < -0.4 is 15.8 Å². The third-order valence-corrected chi connectivity index (χ3v) is 5.21. The van der Waals surface area contributed by atoms with Crippen LogP contribution in [0.2, 0.25) is 10.0 Å². The monoisotopic (exact) mass is 434 g/mol. The van der Waals surface area contributed by atoms with Gasteiger partial charge >= 0.3 is 0 Å². The Kier molecular flexibility index (Phi) is 5.36. The molecule has 0 spiro atoms. The number of hydrogen-bond acceptors (Lipinski definition) is 7. The lowest BCUT2D eigenvalue weighted by atomic mass is 10.2. The number of hydrazine groups is 2. The molecule has 0 bridgehead atoms. The Labute approximate surface area is 177 Å². The lowest BCUT2D eigenvalue weighted by molar-refractivity contribution is 0.287. The minimum atomic E-state index is 0.522. The van der Waals surface area contributed by atoms with E-state index in [1.807, 2.05) is 29.3 Å². The number of nitrogens with zero attached hydrogens (tertiary/aromatic N) is 4. The standard InChI is InChI=1S/C18H16Cl2N6OS/c1-27-13-5-2-11(3-6-13)10-25-17(22-23-24-25)14-9-21-26(18(14)28)16-8-12(19)4-7-15(16)20/h2-9,23-24,28H,10H2,1H3. The molecule has 0 saturated carbocycles. The number of hydrazone groups is 1. The summed E-state index contributed by atoms with van der Waals surface area (Å²) in [5.74, 6) is 1.47. The van der Waals surface area contributed by atoms with E-state index in [2.05, 4.69) is 33.9 Å². The highest BCUT2D eigenvalue weighted by Gasteiger charge is 2.24. The van der Waals surface area contributed by atoms with Crippen LogP contribution in [-0.2, 0) is 6.54 Å². The summed E-state index contributed by atoms with van der Waals surface area (Å²) in [4.78, 5) is 0. The van der Waals surface area contributed by atoms with Crippen LogP contribution in [0.15, 0.2) is 58.8 Å². The van der Waals surface area contributed by atoms with Crippen molar-refractivity contribution >= 4 is 41.7 Å². The SMILES string of the molecule is COc1ccc(CN2NNN=C2c2cnn(-c3cc(Cl)ccc3Cl)c2S)cc1. The maximum absolute atomic E-state index is 6.30. The van der Waals surface area contributed by atoms with E-state index in [-0.39, 0.29) is 0 Å². The highest BCUT2D eigenvalue weighted by molar-refractivity contribution is 7.80. The van der Waals surface area contributed by atoms with Crippen molar-refractivity contribution in [2.24, 2.45) is 5.10 Å². The molecule has 0 saturated heterocycles. The highest BCUT2D eigenvalue weighted by Crippen LogP contribution is 2.28. The Morgan fingerprint density at radius 2 is 1.93 bits per heavy atom. The number of ether oxygens (including phenoxy) is 1. The van der Waals surface area contributed by atoms with Crippen molar-refractivity contribution in [1.29, 1.82) is 0 Å². The topological polar surface area (TPSA) is 66.7 Å². The first kappa shape index (κ1) is 18.9. The third kappa shape index (κ3) is 3.64. The maximum Gasteiger partial charge on any atom is 0.177 e. The van der Waals surface area contributed by atoms with E-state index in [4.69, 9.17) is 27.9 Å². The molecule has 0 fully saturated rings. The van der Waals surface area contributed by atoms with Crippen molar-refractivity contribution in [3.8, 4) is 11.4 Å². The molecule has 1 aromatic heterocycles. The van der Waals surface area contributed by atoms with Crippen LogP contribution in [0.5, 0.6) is 5.75 Å². The van der Waals surface area contributed by atoms with Gasteiger partial charge in [0.15, 0.2) is 5.84 Å². The second kappa shape index (κ2) is 7.92. The number of thiol groups is 1. The number of rotatable bonds is 5. The van der Waals surface area contributed by atoms with E-state index in [1.165, 1.54) is 0 Å². The van der Waals surface area contributed by atoms with Gasteiger partial charge in [0.05, 0.1) is 36.1 Å². The van der Waals surface area contributed by atoms with Gasteiger partial charge in [0, 0.05) is 5.02 Å². The molecule has 2 heterocycles. The van der Waals surface area contributed by atoms with Gasteiger partial charge in [0.25, 0.3) is 0 Å². The van der Waals surface area contributed by atoms with Gasteiger partial charge in [-0.3, -0.25) is 5.01 Å². The van der Waals surface area contributed by atoms with E-state index >= 15 is 0 Å². The molecule has 7 nitrogen and oxygen atoms in total. The van der Waals surface area contributed by atoms with Gasteiger partial charge < -0.3 is 4.74 Å². The largest absolute Gasteiger partial charge is 0.497 e. The van der Waals surface area contributed by atoms with Crippen LogP contribution in [0.25, 0.3) is 5.69 Å². The van der Waals surface area contributed by atoms with Crippen molar-refractivity contribution in [3.05, 3.63) is 69.8 Å². The summed E-state index contributed by atoms with van der Waals surface area (Å²) >= 11 is 17.0. The molecule has 1 aliphatic rings. The Hall–Kier alpha value is -2.39. The van der Waals surface area contributed by atoms with Crippen molar-refractivity contribution in [2.45, 2.75) is 11.6 Å². The zero-order chi connectivity index (χ0) is 19.7. The van der Waals surface area contributed by atoms with Crippen LogP contribution >= 0.6 is 35.8 Å². The van der Waals surface area contributed by atoms with Gasteiger partial charge in [-0.25, -0.2) is 10.2 Å². The second-order valence-electron chi connectivity index (χ2n) is 5.98. The smallest absolute Gasteiger partial charge is 0.177 e. The number of methoxy groups -OCH3 is 1. The first-order valence-corrected chi connectivity index (χ1v) is 9.48. The number of benzene rings is 2.